The van der Waals surface area contributed by atoms with Crippen LogP contribution in [0, 0.1) is 0 Å². The van der Waals surface area contributed by atoms with Crippen molar-refractivity contribution in [1.82, 2.24) is 10.2 Å². The number of hydrogen-bond acceptors (Lipinski definition) is 3. The van der Waals surface area contributed by atoms with Gasteiger partial charge in [0.2, 0.25) is 5.91 Å². The number of rotatable bonds is 5. The van der Waals surface area contributed by atoms with Gasteiger partial charge in [0.25, 0.3) is 0 Å². The molecule has 0 aliphatic rings. The van der Waals surface area contributed by atoms with Crippen LogP contribution in [0.4, 0.5) is 0 Å². The van der Waals surface area contributed by atoms with Crippen LogP contribution in [0.3, 0.4) is 0 Å². The number of ether oxygens (including phenoxy) is 1. The van der Waals surface area contributed by atoms with E-state index < -0.39 is 0 Å². The number of nitrogens with zero attached hydrogens (tertiary/aromatic N) is 1. The molecule has 0 saturated heterocycles. The summed E-state index contributed by atoms with van der Waals surface area (Å²) in [7, 11) is 1.60. The Kier molecular flexibility index (Phi) is 6.73. The van der Waals surface area contributed by atoms with E-state index in [-0.39, 0.29) is 5.91 Å². The van der Waals surface area contributed by atoms with Crippen molar-refractivity contribution in [3.63, 3.8) is 0 Å². The molecule has 0 aliphatic carbocycles. The van der Waals surface area contributed by atoms with Gasteiger partial charge < -0.3 is 9.64 Å². The van der Waals surface area contributed by atoms with Crippen LogP contribution in [0.2, 0.25) is 0 Å². The molecule has 0 radical (unpaired) electrons. The van der Waals surface area contributed by atoms with Crippen molar-refractivity contribution in [3.05, 3.63) is 35.9 Å². The summed E-state index contributed by atoms with van der Waals surface area (Å²) in [5.74, 6) is 0.482. The van der Waals surface area contributed by atoms with E-state index in [0.29, 0.717) is 5.11 Å². The van der Waals surface area contributed by atoms with Gasteiger partial charge in [-0.1, -0.05) is 18.2 Å². The molecule has 1 N–H and O–H groups in total. The highest BCUT2D eigenvalue weighted by Gasteiger charge is 2.07. The molecule has 0 atom stereocenters. The van der Waals surface area contributed by atoms with Gasteiger partial charge in [-0.05, 0) is 38.2 Å². The topological polar surface area (TPSA) is 41.6 Å². The van der Waals surface area contributed by atoms with Gasteiger partial charge in [0.05, 0.1) is 7.11 Å². The molecule has 1 aromatic rings. The minimum absolute atomic E-state index is 0.243. The van der Waals surface area contributed by atoms with Crippen LogP contribution in [0.1, 0.15) is 19.4 Å². The maximum absolute atomic E-state index is 11.8. The van der Waals surface area contributed by atoms with E-state index in [1.165, 1.54) is 6.08 Å². The first kappa shape index (κ1) is 16.2. The number of carbonyl (C=O) groups excluding carboxylic acids is 1. The number of para-hydroxylation sites is 1. The fourth-order valence-corrected chi connectivity index (χ4v) is 2.07. The smallest absolute Gasteiger partial charge is 0.250 e. The second-order valence-electron chi connectivity index (χ2n) is 4.04. The SMILES string of the molecule is CCN(CC)C(=S)NC(=O)C=Cc1ccccc1OC. The summed E-state index contributed by atoms with van der Waals surface area (Å²) in [6, 6.07) is 7.50. The summed E-state index contributed by atoms with van der Waals surface area (Å²) >= 11 is 5.16. The maximum Gasteiger partial charge on any atom is 0.250 e. The Morgan fingerprint density at radius 3 is 2.60 bits per heavy atom. The van der Waals surface area contributed by atoms with Crippen molar-refractivity contribution in [1.29, 1.82) is 0 Å². The molecule has 20 heavy (non-hydrogen) atoms. The Bertz CT molecular complexity index is 496. The largest absolute Gasteiger partial charge is 0.496 e. The van der Waals surface area contributed by atoms with Gasteiger partial charge in [0, 0.05) is 24.7 Å². The lowest BCUT2D eigenvalue weighted by molar-refractivity contribution is -0.115. The third kappa shape index (κ3) is 4.66. The molecule has 1 aromatic carbocycles. The molecule has 0 aromatic heterocycles. The fourth-order valence-electron chi connectivity index (χ4n) is 1.71. The van der Waals surface area contributed by atoms with E-state index >= 15 is 0 Å². The number of nitrogens with one attached hydrogen (secondary N) is 1. The number of amides is 1. The quantitative estimate of drug-likeness (QED) is 0.668. The normalized spacial score (nSPS) is 10.3. The molecule has 5 heteroatoms. The molecule has 0 aliphatic heterocycles. The second-order valence-corrected chi connectivity index (χ2v) is 4.43. The summed E-state index contributed by atoms with van der Waals surface area (Å²) < 4.78 is 5.21. The summed E-state index contributed by atoms with van der Waals surface area (Å²) in [6.45, 7) is 5.52. The Morgan fingerprint density at radius 2 is 2.00 bits per heavy atom. The minimum Gasteiger partial charge on any atom is -0.496 e. The predicted molar refractivity (Wildman–Crippen MR) is 85.7 cm³/mol. The van der Waals surface area contributed by atoms with E-state index in [1.807, 2.05) is 43.0 Å². The summed E-state index contributed by atoms with van der Waals surface area (Å²) in [5.41, 5.74) is 0.846. The van der Waals surface area contributed by atoms with Crippen LogP contribution in [-0.2, 0) is 4.79 Å². The standard InChI is InChI=1S/C15H20N2O2S/c1-4-17(5-2)15(20)16-14(18)11-10-12-8-6-7-9-13(12)19-3/h6-11H,4-5H2,1-3H3,(H,16,18,20). The molecule has 0 unspecified atom stereocenters. The van der Waals surface area contributed by atoms with Crippen LogP contribution in [0.5, 0.6) is 5.75 Å². The number of methoxy groups -OCH3 is 1. The van der Waals surface area contributed by atoms with Gasteiger partial charge in [0.15, 0.2) is 5.11 Å². The molecule has 0 heterocycles. The fraction of sp³-hybridized carbons (Fsp3) is 0.333. The van der Waals surface area contributed by atoms with Gasteiger partial charge in [-0.3, -0.25) is 10.1 Å². The number of thiocarbonyl (C=S) groups is 1. The van der Waals surface area contributed by atoms with Gasteiger partial charge >= 0.3 is 0 Å². The predicted octanol–water partition coefficient (Wildman–Crippen LogP) is 2.45. The van der Waals surface area contributed by atoms with Crippen molar-refractivity contribution in [2.24, 2.45) is 0 Å². The lowest BCUT2D eigenvalue weighted by atomic mass is 10.2. The summed E-state index contributed by atoms with van der Waals surface area (Å²) in [6.07, 6.45) is 3.16. The van der Waals surface area contributed by atoms with Crippen molar-refractivity contribution in [2.75, 3.05) is 20.2 Å². The Balaban J connectivity index is 2.66. The highest BCUT2D eigenvalue weighted by atomic mass is 32.1. The molecular weight excluding hydrogens is 272 g/mol. The number of benzene rings is 1. The zero-order valence-electron chi connectivity index (χ0n) is 12.1. The second kappa shape index (κ2) is 8.32. The lowest BCUT2D eigenvalue weighted by Crippen LogP contribution is -2.41. The molecule has 1 rings (SSSR count). The highest BCUT2D eigenvalue weighted by molar-refractivity contribution is 7.80. The van der Waals surface area contributed by atoms with Gasteiger partial charge in [-0.25, -0.2) is 0 Å². The number of hydrogen-bond donors (Lipinski definition) is 1. The van der Waals surface area contributed by atoms with Crippen molar-refractivity contribution >= 4 is 29.3 Å². The summed E-state index contributed by atoms with van der Waals surface area (Å²) in [5, 5.41) is 3.13. The van der Waals surface area contributed by atoms with E-state index in [2.05, 4.69) is 5.32 Å². The van der Waals surface area contributed by atoms with Crippen LogP contribution in [-0.4, -0.2) is 36.1 Å². The molecule has 108 valence electrons. The van der Waals surface area contributed by atoms with Crippen LogP contribution in [0.15, 0.2) is 30.3 Å². The van der Waals surface area contributed by atoms with Crippen LogP contribution >= 0.6 is 12.2 Å². The van der Waals surface area contributed by atoms with E-state index in [9.17, 15) is 4.79 Å². The average Bonchev–Trinajstić information content (AvgIpc) is 2.46. The molecule has 0 saturated carbocycles. The molecule has 4 nitrogen and oxygen atoms in total. The Labute approximate surface area is 125 Å². The van der Waals surface area contributed by atoms with Crippen LogP contribution < -0.4 is 10.1 Å². The molecule has 1 amide bonds. The van der Waals surface area contributed by atoms with E-state index in [4.69, 9.17) is 17.0 Å². The van der Waals surface area contributed by atoms with Crippen LogP contribution in [0.25, 0.3) is 6.08 Å². The zero-order chi connectivity index (χ0) is 15.0. The molecule has 0 bridgehead atoms. The molecular formula is C15H20N2O2S. The third-order valence-corrected chi connectivity index (χ3v) is 3.19. The first-order chi connectivity index (χ1) is 9.62. The van der Waals surface area contributed by atoms with Gasteiger partial charge in [-0.2, -0.15) is 0 Å². The van der Waals surface area contributed by atoms with E-state index in [1.54, 1.807) is 13.2 Å². The first-order valence-electron chi connectivity index (χ1n) is 6.53. The third-order valence-electron chi connectivity index (χ3n) is 2.83. The van der Waals surface area contributed by atoms with Gasteiger partial charge in [-0.15, -0.1) is 0 Å². The van der Waals surface area contributed by atoms with Gasteiger partial charge in [0.1, 0.15) is 5.75 Å². The van der Waals surface area contributed by atoms with E-state index in [0.717, 1.165) is 24.4 Å². The van der Waals surface area contributed by atoms with Crippen molar-refractivity contribution in [3.8, 4) is 5.75 Å². The maximum atomic E-state index is 11.8. The summed E-state index contributed by atoms with van der Waals surface area (Å²) in [4.78, 5) is 13.7. The Hall–Kier alpha value is -1.88. The molecule has 0 fully saturated rings. The lowest BCUT2D eigenvalue weighted by Gasteiger charge is -2.21. The zero-order valence-corrected chi connectivity index (χ0v) is 12.9. The van der Waals surface area contributed by atoms with Crippen molar-refractivity contribution in [2.45, 2.75) is 13.8 Å². The monoisotopic (exact) mass is 292 g/mol. The number of carbonyl (C=O) groups is 1. The average molecular weight is 292 g/mol. The Morgan fingerprint density at radius 1 is 1.35 bits per heavy atom. The first-order valence-corrected chi connectivity index (χ1v) is 6.94. The molecule has 0 spiro atoms. The highest BCUT2D eigenvalue weighted by Crippen LogP contribution is 2.18. The minimum atomic E-state index is -0.243. The van der Waals surface area contributed by atoms with Crippen molar-refractivity contribution < 1.29 is 9.53 Å².